The van der Waals surface area contributed by atoms with Crippen LogP contribution in [0.2, 0.25) is 0 Å². The highest BCUT2D eigenvalue weighted by atomic mass is 16.3. The van der Waals surface area contributed by atoms with Gasteiger partial charge in [0.05, 0.1) is 6.10 Å². The van der Waals surface area contributed by atoms with E-state index in [-0.39, 0.29) is 10.8 Å². The van der Waals surface area contributed by atoms with Gasteiger partial charge in [-0.2, -0.15) is 0 Å². The Kier molecular flexibility index (Phi) is 4.79. The normalized spacial score (nSPS) is 28.4. The minimum atomic E-state index is -0.441. The number of rotatable bonds is 3. The molecule has 1 unspecified atom stereocenters. The molecule has 1 saturated carbocycles. The average molecular weight is 289 g/mol. The van der Waals surface area contributed by atoms with Crippen LogP contribution >= 0.6 is 0 Å². The molecule has 0 aliphatic heterocycles. The van der Waals surface area contributed by atoms with Gasteiger partial charge in [-0.25, -0.2) is 0 Å². The zero-order valence-corrected chi connectivity index (χ0v) is 14.0. The summed E-state index contributed by atoms with van der Waals surface area (Å²) in [6.07, 6.45) is 3.98. The van der Waals surface area contributed by atoms with E-state index < -0.39 is 6.10 Å². The summed E-state index contributed by atoms with van der Waals surface area (Å²) in [6.45, 7) is 9.50. The van der Waals surface area contributed by atoms with Gasteiger partial charge in [0.1, 0.15) is 0 Å². The van der Waals surface area contributed by atoms with Gasteiger partial charge >= 0.3 is 0 Å². The lowest BCUT2D eigenvalue weighted by molar-refractivity contribution is -0.00820. The van der Waals surface area contributed by atoms with Crippen LogP contribution in [-0.2, 0) is 5.41 Å². The van der Waals surface area contributed by atoms with Crippen molar-refractivity contribution in [2.24, 2.45) is 17.1 Å². The van der Waals surface area contributed by atoms with Gasteiger partial charge in [-0.15, -0.1) is 0 Å². The van der Waals surface area contributed by atoms with Crippen molar-refractivity contribution >= 4 is 0 Å². The molecule has 1 fully saturated rings. The molecular formula is C19H31NO. The predicted octanol–water partition coefficient (Wildman–Crippen LogP) is 4.17. The van der Waals surface area contributed by atoms with Crippen molar-refractivity contribution in [3.8, 4) is 0 Å². The van der Waals surface area contributed by atoms with E-state index in [1.54, 1.807) is 0 Å². The molecular weight excluding hydrogens is 258 g/mol. The molecule has 2 nitrogen and oxygen atoms in total. The highest BCUT2D eigenvalue weighted by Gasteiger charge is 2.40. The van der Waals surface area contributed by atoms with Crippen LogP contribution in [0.25, 0.3) is 0 Å². The van der Waals surface area contributed by atoms with E-state index >= 15 is 0 Å². The standard InChI is InChI=1S/C19H31NO/c1-14-9-11-19(13-20,12-10-14)17(21)15-5-7-16(8-6-15)18(2,3)4/h5-8,14,17,21H,9-13,20H2,1-4H3. The maximum absolute atomic E-state index is 10.9. The molecule has 1 aromatic carbocycles. The monoisotopic (exact) mass is 289 g/mol. The van der Waals surface area contributed by atoms with Crippen molar-refractivity contribution in [2.75, 3.05) is 6.54 Å². The Morgan fingerprint density at radius 3 is 2.14 bits per heavy atom. The van der Waals surface area contributed by atoms with Gasteiger partial charge < -0.3 is 10.8 Å². The van der Waals surface area contributed by atoms with E-state index in [4.69, 9.17) is 5.73 Å². The Bertz CT molecular complexity index is 449. The second-order valence-corrected chi connectivity index (χ2v) is 8.02. The average Bonchev–Trinajstić information content (AvgIpc) is 2.47. The molecule has 1 atom stereocenters. The molecule has 0 heterocycles. The minimum Gasteiger partial charge on any atom is -0.388 e. The summed E-state index contributed by atoms with van der Waals surface area (Å²) in [5, 5.41) is 10.9. The second-order valence-electron chi connectivity index (χ2n) is 8.02. The van der Waals surface area contributed by atoms with E-state index in [2.05, 4.69) is 52.0 Å². The lowest BCUT2D eigenvalue weighted by atomic mass is 9.66. The van der Waals surface area contributed by atoms with Gasteiger partial charge in [0, 0.05) is 12.0 Å². The molecule has 21 heavy (non-hydrogen) atoms. The van der Waals surface area contributed by atoms with Crippen molar-refractivity contribution in [1.29, 1.82) is 0 Å². The molecule has 2 rings (SSSR count). The largest absolute Gasteiger partial charge is 0.388 e. The Morgan fingerprint density at radius 2 is 1.71 bits per heavy atom. The van der Waals surface area contributed by atoms with E-state index in [0.717, 1.165) is 24.3 Å². The van der Waals surface area contributed by atoms with Gasteiger partial charge in [0.25, 0.3) is 0 Å². The Hall–Kier alpha value is -0.860. The number of aliphatic hydroxyl groups is 1. The summed E-state index contributed by atoms with van der Waals surface area (Å²) in [5.41, 5.74) is 8.40. The Labute approximate surface area is 129 Å². The van der Waals surface area contributed by atoms with E-state index in [1.165, 1.54) is 18.4 Å². The van der Waals surface area contributed by atoms with Crippen molar-refractivity contribution in [2.45, 2.75) is 64.9 Å². The van der Waals surface area contributed by atoms with Gasteiger partial charge in [-0.3, -0.25) is 0 Å². The lowest BCUT2D eigenvalue weighted by Gasteiger charge is -2.42. The van der Waals surface area contributed by atoms with Crippen molar-refractivity contribution in [3.05, 3.63) is 35.4 Å². The molecule has 1 aliphatic carbocycles. The number of benzene rings is 1. The molecule has 118 valence electrons. The molecule has 0 bridgehead atoms. The molecule has 0 saturated heterocycles. The Balaban J connectivity index is 2.20. The van der Waals surface area contributed by atoms with E-state index in [9.17, 15) is 5.11 Å². The first-order valence-electron chi connectivity index (χ1n) is 8.27. The zero-order valence-electron chi connectivity index (χ0n) is 14.0. The van der Waals surface area contributed by atoms with Crippen LogP contribution in [-0.4, -0.2) is 11.7 Å². The third kappa shape index (κ3) is 3.49. The van der Waals surface area contributed by atoms with Gasteiger partial charge in [0.15, 0.2) is 0 Å². The van der Waals surface area contributed by atoms with Gasteiger partial charge in [0.2, 0.25) is 0 Å². The van der Waals surface area contributed by atoms with Gasteiger partial charge in [-0.05, 0) is 35.3 Å². The first kappa shape index (κ1) is 16.5. The minimum absolute atomic E-state index is 0.129. The summed E-state index contributed by atoms with van der Waals surface area (Å²) in [4.78, 5) is 0. The summed E-state index contributed by atoms with van der Waals surface area (Å²) in [5.74, 6) is 0.764. The Morgan fingerprint density at radius 1 is 1.19 bits per heavy atom. The first-order valence-corrected chi connectivity index (χ1v) is 8.27. The SMILES string of the molecule is CC1CCC(CN)(C(O)c2ccc(C(C)(C)C)cc2)CC1. The lowest BCUT2D eigenvalue weighted by Crippen LogP contribution is -2.40. The highest BCUT2D eigenvalue weighted by molar-refractivity contribution is 5.29. The van der Waals surface area contributed by atoms with Crippen LogP contribution in [0.1, 0.15) is 70.6 Å². The van der Waals surface area contributed by atoms with Gasteiger partial charge in [-0.1, -0.05) is 64.8 Å². The maximum Gasteiger partial charge on any atom is 0.0858 e. The van der Waals surface area contributed by atoms with Crippen LogP contribution in [0.5, 0.6) is 0 Å². The topological polar surface area (TPSA) is 46.2 Å². The van der Waals surface area contributed by atoms with Crippen LogP contribution in [0.15, 0.2) is 24.3 Å². The fraction of sp³-hybridized carbons (Fsp3) is 0.684. The molecule has 3 N–H and O–H groups in total. The molecule has 0 radical (unpaired) electrons. The quantitative estimate of drug-likeness (QED) is 0.877. The molecule has 1 aromatic rings. The van der Waals surface area contributed by atoms with E-state index in [0.29, 0.717) is 6.54 Å². The predicted molar refractivity (Wildman–Crippen MR) is 89.2 cm³/mol. The van der Waals surface area contributed by atoms with Crippen LogP contribution in [0, 0.1) is 11.3 Å². The second kappa shape index (κ2) is 6.10. The summed E-state index contributed by atoms with van der Waals surface area (Å²) >= 11 is 0. The number of hydrogen-bond acceptors (Lipinski definition) is 2. The van der Waals surface area contributed by atoms with Crippen molar-refractivity contribution in [1.82, 2.24) is 0 Å². The summed E-state index contributed by atoms with van der Waals surface area (Å²) < 4.78 is 0. The number of aliphatic hydroxyl groups excluding tert-OH is 1. The number of nitrogens with two attached hydrogens (primary N) is 1. The summed E-state index contributed by atoms with van der Waals surface area (Å²) in [7, 11) is 0. The van der Waals surface area contributed by atoms with E-state index in [1.807, 2.05) is 0 Å². The zero-order chi connectivity index (χ0) is 15.7. The maximum atomic E-state index is 10.9. The fourth-order valence-electron chi connectivity index (χ4n) is 3.45. The smallest absolute Gasteiger partial charge is 0.0858 e. The molecule has 1 aliphatic rings. The highest BCUT2D eigenvalue weighted by Crippen LogP contribution is 2.46. The van der Waals surface area contributed by atoms with Crippen molar-refractivity contribution < 1.29 is 5.11 Å². The third-order valence-electron chi connectivity index (χ3n) is 5.35. The first-order chi connectivity index (χ1) is 9.78. The summed E-state index contributed by atoms with van der Waals surface area (Å²) in [6, 6.07) is 8.46. The number of hydrogen-bond donors (Lipinski definition) is 2. The van der Waals surface area contributed by atoms with Crippen LogP contribution < -0.4 is 5.73 Å². The van der Waals surface area contributed by atoms with Crippen LogP contribution in [0.3, 0.4) is 0 Å². The van der Waals surface area contributed by atoms with Crippen LogP contribution in [0.4, 0.5) is 0 Å². The third-order valence-corrected chi connectivity index (χ3v) is 5.35. The molecule has 0 amide bonds. The van der Waals surface area contributed by atoms with Crippen molar-refractivity contribution in [3.63, 3.8) is 0 Å². The fourth-order valence-corrected chi connectivity index (χ4v) is 3.45. The molecule has 0 aromatic heterocycles. The molecule has 2 heteroatoms. The molecule has 0 spiro atoms.